The lowest BCUT2D eigenvalue weighted by Crippen LogP contribution is -2.50. The molecule has 5 nitrogen and oxygen atoms in total. The molecular weight excluding hydrogens is 297 g/mol. The largest absolute Gasteiger partial charge is 0.369 e. The Hall–Kier alpha value is -1.95. The van der Waals surface area contributed by atoms with Gasteiger partial charge in [-0.05, 0) is 50.0 Å². The van der Waals surface area contributed by atoms with Crippen LogP contribution in [0.25, 0.3) is 0 Å². The highest BCUT2D eigenvalue weighted by atomic mass is 19.1. The molecule has 23 heavy (non-hydrogen) atoms. The minimum atomic E-state index is -0.325. The van der Waals surface area contributed by atoms with Crippen LogP contribution in [-0.2, 0) is 9.59 Å². The summed E-state index contributed by atoms with van der Waals surface area (Å²) in [5.41, 5.74) is 6.20. The highest BCUT2D eigenvalue weighted by Gasteiger charge is 2.37. The zero-order valence-corrected chi connectivity index (χ0v) is 13.1. The molecule has 0 aliphatic carbocycles. The molecule has 1 aromatic rings. The van der Waals surface area contributed by atoms with Crippen LogP contribution in [0, 0.1) is 11.7 Å². The smallest absolute Gasteiger partial charge is 0.231 e. The fraction of sp³-hybridized carbons (Fsp3) is 0.529. The third-order valence-electron chi connectivity index (χ3n) is 4.87. The lowest BCUT2D eigenvalue weighted by molar-refractivity contribution is -0.145. The predicted octanol–water partition coefficient (Wildman–Crippen LogP) is 1.30. The van der Waals surface area contributed by atoms with Gasteiger partial charge in [-0.1, -0.05) is 12.1 Å². The second-order valence-corrected chi connectivity index (χ2v) is 6.40. The summed E-state index contributed by atoms with van der Waals surface area (Å²) in [4.78, 5) is 27.6. The molecular formula is C17H22FN3O2. The van der Waals surface area contributed by atoms with Crippen LogP contribution in [0.5, 0.6) is 0 Å². The molecule has 2 aliphatic rings. The zero-order chi connectivity index (χ0) is 16.4. The van der Waals surface area contributed by atoms with Crippen LogP contribution < -0.4 is 5.73 Å². The van der Waals surface area contributed by atoms with Crippen LogP contribution in [0.15, 0.2) is 24.3 Å². The van der Waals surface area contributed by atoms with E-state index in [4.69, 9.17) is 5.73 Å². The van der Waals surface area contributed by atoms with Gasteiger partial charge in [0.1, 0.15) is 5.82 Å². The molecule has 1 atom stereocenters. The molecule has 3 rings (SSSR count). The number of rotatable bonds is 4. The van der Waals surface area contributed by atoms with E-state index in [0.29, 0.717) is 0 Å². The number of halogens is 1. The van der Waals surface area contributed by atoms with E-state index in [0.717, 1.165) is 44.5 Å². The maximum Gasteiger partial charge on any atom is 0.231 e. The molecule has 2 heterocycles. The SMILES string of the molecule is NC(=O)CN1CCC(C(=O)N2CC[C@H]2c2ccc(F)cc2)CC1. The van der Waals surface area contributed by atoms with Crippen LogP contribution in [0.3, 0.4) is 0 Å². The second-order valence-electron chi connectivity index (χ2n) is 6.40. The van der Waals surface area contributed by atoms with Crippen molar-refractivity contribution in [3.05, 3.63) is 35.6 Å². The molecule has 124 valence electrons. The maximum atomic E-state index is 13.0. The van der Waals surface area contributed by atoms with Gasteiger partial charge in [-0.2, -0.15) is 0 Å². The lowest BCUT2D eigenvalue weighted by atomic mass is 9.89. The summed E-state index contributed by atoms with van der Waals surface area (Å²) in [6.07, 6.45) is 2.45. The monoisotopic (exact) mass is 319 g/mol. The molecule has 2 amide bonds. The average Bonchev–Trinajstić information content (AvgIpc) is 2.48. The number of hydrogen-bond donors (Lipinski definition) is 1. The summed E-state index contributed by atoms with van der Waals surface area (Å²) in [5.74, 6) is -0.381. The fourth-order valence-electron chi connectivity index (χ4n) is 3.48. The van der Waals surface area contributed by atoms with Gasteiger partial charge in [0.25, 0.3) is 0 Å². The Morgan fingerprint density at radius 2 is 1.74 bits per heavy atom. The van der Waals surface area contributed by atoms with E-state index in [1.165, 1.54) is 12.1 Å². The average molecular weight is 319 g/mol. The van der Waals surface area contributed by atoms with Crippen molar-refractivity contribution in [2.45, 2.75) is 25.3 Å². The Morgan fingerprint density at radius 3 is 2.26 bits per heavy atom. The Bertz CT molecular complexity index is 582. The number of nitrogens with zero attached hydrogens (tertiary/aromatic N) is 2. The molecule has 6 heteroatoms. The summed E-state index contributed by atoms with van der Waals surface area (Å²) in [6.45, 7) is 2.49. The van der Waals surface area contributed by atoms with Gasteiger partial charge in [0, 0.05) is 12.5 Å². The topological polar surface area (TPSA) is 66.6 Å². The number of carbonyl (C=O) groups is 2. The van der Waals surface area contributed by atoms with Crippen LogP contribution in [0.2, 0.25) is 0 Å². The van der Waals surface area contributed by atoms with E-state index in [1.54, 1.807) is 12.1 Å². The van der Waals surface area contributed by atoms with E-state index in [9.17, 15) is 14.0 Å². The number of hydrogen-bond acceptors (Lipinski definition) is 3. The summed E-state index contributed by atoms with van der Waals surface area (Å²) in [7, 11) is 0. The Balaban J connectivity index is 1.56. The normalized spacial score (nSPS) is 22.7. The Kier molecular flexibility index (Phi) is 4.61. The van der Waals surface area contributed by atoms with Crippen LogP contribution >= 0.6 is 0 Å². The molecule has 2 fully saturated rings. The van der Waals surface area contributed by atoms with E-state index in [2.05, 4.69) is 0 Å². The summed E-state index contributed by atoms with van der Waals surface area (Å²) < 4.78 is 13.0. The number of nitrogens with two attached hydrogens (primary N) is 1. The van der Waals surface area contributed by atoms with Crippen LogP contribution in [-0.4, -0.2) is 47.8 Å². The van der Waals surface area contributed by atoms with Crippen molar-refractivity contribution in [3.8, 4) is 0 Å². The van der Waals surface area contributed by atoms with Crippen LogP contribution in [0.4, 0.5) is 4.39 Å². The van der Waals surface area contributed by atoms with E-state index in [-0.39, 0.29) is 36.1 Å². The number of primary amides is 1. The first-order valence-corrected chi connectivity index (χ1v) is 8.11. The van der Waals surface area contributed by atoms with Crippen molar-refractivity contribution < 1.29 is 14.0 Å². The molecule has 0 aromatic heterocycles. The van der Waals surface area contributed by atoms with Gasteiger partial charge < -0.3 is 10.6 Å². The molecule has 0 radical (unpaired) electrons. The molecule has 2 aliphatic heterocycles. The number of benzene rings is 1. The van der Waals surface area contributed by atoms with Gasteiger partial charge >= 0.3 is 0 Å². The van der Waals surface area contributed by atoms with Crippen molar-refractivity contribution in [2.24, 2.45) is 11.7 Å². The first-order valence-electron chi connectivity index (χ1n) is 8.11. The number of likely N-dealkylation sites (tertiary alicyclic amines) is 2. The van der Waals surface area contributed by atoms with Crippen molar-refractivity contribution in [2.75, 3.05) is 26.2 Å². The minimum absolute atomic E-state index is 0.0161. The van der Waals surface area contributed by atoms with E-state index < -0.39 is 0 Å². The zero-order valence-electron chi connectivity index (χ0n) is 13.1. The van der Waals surface area contributed by atoms with Crippen molar-refractivity contribution in [1.82, 2.24) is 9.80 Å². The van der Waals surface area contributed by atoms with Crippen molar-refractivity contribution in [3.63, 3.8) is 0 Å². The minimum Gasteiger partial charge on any atom is -0.369 e. The van der Waals surface area contributed by atoms with Crippen molar-refractivity contribution in [1.29, 1.82) is 0 Å². The first kappa shape index (κ1) is 15.9. The van der Waals surface area contributed by atoms with Crippen LogP contribution in [0.1, 0.15) is 30.9 Å². The van der Waals surface area contributed by atoms with E-state index >= 15 is 0 Å². The molecule has 0 unspecified atom stereocenters. The number of carbonyl (C=O) groups excluding carboxylic acids is 2. The predicted molar refractivity (Wildman–Crippen MR) is 83.8 cm³/mol. The molecule has 2 N–H and O–H groups in total. The molecule has 0 saturated carbocycles. The summed E-state index contributed by atoms with van der Waals surface area (Å²) in [5, 5.41) is 0. The molecule has 2 saturated heterocycles. The van der Waals surface area contributed by atoms with Gasteiger partial charge in [-0.25, -0.2) is 4.39 Å². The number of piperidine rings is 1. The van der Waals surface area contributed by atoms with E-state index in [1.807, 2.05) is 9.80 Å². The maximum absolute atomic E-state index is 13.0. The highest BCUT2D eigenvalue weighted by molar-refractivity contribution is 5.80. The lowest BCUT2D eigenvalue weighted by Gasteiger charge is -2.44. The number of amides is 2. The van der Waals surface area contributed by atoms with Gasteiger partial charge in [-0.3, -0.25) is 14.5 Å². The van der Waals surface area contributed by atoms with Gasteiger partial charge in [0.15, 0.2) is 0 Å². The Morgan fingerprint density at radius 1 is 1.09 bits per heavy atom. The third-order valence-corrected chi connectivity index (χ3v) is 4.87. The second kappa shape index (κ2) is 6.66. The summed E-state index contributed by atoms with van der Waals surface area (Å²) in [6, 6.07) is 6.48. The highest BCUT2D eigenvalue weighted by Crippen LogP contribution is 2.35. The van der Waals surface area contributed by atoms with Gasteiger partial charge in [0.2, 0.25) is 11.8 Å². The third kappa shape index (κ3) is 3.52. The van der Waals surface area contributed by atoms with Gasteiger partial charge in [-0.15, -0.1) is 0 Å². The molecule has 0 spiro atoms. The molecule has 0 bridgehead atoms. The first-order chi connectivity index (χ1) is 11.0. The summed E-state index contributed by atoms with van der Waals surface area (Å²) >= 11 is 0. The fourth-order valence-corrected chi connectivity index (χ4v) is 3.48. The van der Waals surface area contributed by atoms with Crippen molar-refractivity contribution >= 4 is 11.8 Å². The standard InChI is InChI=1S/C17H22FN3O2/c18-14-3-1-12(2-4-14)15-7-10-21(15)17(23)13-5-8-20(9-6-13)11-16(19)22/h1-4,13,15H,5-11H2,(H2,19,22)/t15-/m0/s1. The molecule has 1 aromatic carbocycles. The van der Waals surface area contributed by atoms with Gasteiger partial charge in [0.05, 0.1) is 12.6 Å². The Labute approximate surface area is 135 Å². The quantitative estimate of drug-likeness (QED) is 0.909.